The van der Waals surface area contributed by atoms with Gasteiger partial charge in [-0.3, -0.25) is 0 Å². The van der Waals surface area contributed by atoms with Gasteiger partial charge in [0, 0.05) is 23.6 Å². The Labute approximate surface area is 213 Å². The molecule has 0 amide bonds. The quantitative estimate of drug-likeness (QED) is 0.318. The predicted molar refractivity (Wildman–Crippen MR) is 133 cm³/mol. The first-order chi connectivity index (χ1) is 17.4. The molecule has 5 nitrogen and oxygen atoms in total. The van der Waals surface area contributed by atoms with Gasteiger partial charge in [0.2, 0.25) is 0 Å². The zero-order valence-electron chi connectivity index (χ0n) is 20.5. The molecule has 2 aliphatic carbocycles. The summed E-state index contributed by atoms with van der Waals surface area (Å²) in [6.07, 6.45) is 4.02. The van der Waals surface area contributed by atoms with Crippen LogP contribution in [0.2, 0.25) is 0 Å². The number of aromatic nitrogens is 2. The summed E-state index contributed by atoms with van der Waals surface area (Å²) >= 11 is 1.40. The lowest BCUT2D eigenvalue weighted by molar-refractivity contribution is -0.225. The number of rotatable bonds is 9. The van der Waals surface area contributed by atoms with Crippen LogP contribution in [0.3, 0.4) is 0 Å². The van der Waals surface area contributed by atoms with Crippen LogP contribution in [0.15, 0.2) is 28.1 Å². The number of benzene rings is 1. The summed E-state index contributed by atoms with van der Waals surface area (Å²) in [5, 5.41) is 11.5. The monoisotopic (exact) mass is 522 g/mol. The lowest BCUT2D eigenvalue weighted by atomic mass is 9.83. The highest BCUT2D eigenvalue weighted by Crippen LogP contribution is 2.48. The van der Waals surface area contributed by atoms with Crippen molar-refractivity contribution in [3.8, 4) is 10.6 Å². The van der Waals surface area contributed by atoms with E-state index < -0.39 is 25.5 Å². The molecule has 1 aromatic carbocycles. The van der Waals surface area contributed by atoms with E-state index in [0.717, 1.165) is 24.2 Å². The van der Waals surface area contributed by atoms with Gasteiger partial charge in [-0.25, -0.2) is 9.97 Å². The van der Waals surface area contributed by atoms with Crippen molar-refractivity contribution in [2.75, 3.05) is 13.2 Å². The summed E-state index contributed by atoms with van der Waals surface area (Å²) < 4.78 is 52.9. The fraction of sp³-hybridized carbons (Fsp3) is 0.630. The average Bonchev–Trinajstić information content (AvgIpc) is 3.56. The third-order valence-electron chi connectivity index (χ3n) is 8.08. The summed E-state index contributed by atoms with van der Waals surface area (Å²) in [6, 6.07) is 2.99. The highest BCUT2D eigenvalue weighted by molar-refractivity contribution is 7.13. The van der Waals surface area contributed by atoms with Crippen molar-refractivity contribution in [3.05, 3.63) is 35.2 Å². The molecule has 1 N–H and O–H groups in total. The minimum absolute atomic E-state index is 0.0985. The SMILES string of the molecule is CCC1CC2CC(CCc3nc4c(C(OCCO)C(F)(F)F)ccc(-c5nccs5)c4o3)CCC1C2. The largest absolute Gasteiger partial charge is 0.440 e. The van der Waals surface area contributed by atoms with E-state index in [9.17, 15) is 13.2 Å². The van der Waals surface area contributed by atoms with Crippen LogP contribution in [0.25, 0.3) is 21.7 Å². The molecule has 0 saturated heterocycles. The third kappa shape index (κ3) is 5.34. The minimum Gasteiger partial charge on any atom is -0.440 e. The Hall–Kier alpha value is -1.97. The summed E-state index contributed by atoms with van der Waals surface area (Å²) in [6.45, 7) is 1.38. The number of hydrogen-bond acceptors (Lipinski definition) is 6. The topological polar surface area (TPSA) is 68.4 Å². The van der Waals surface area contributed by atoms with Gasteiger partial charge < -0.3 is 14.3 Å². The fourth-order valence-electron chi connectivity index (χ4n) is 6.46. The summed E-state index contributed by atoms with van der Waals surface area (Å²) in [5.41, 5.74) is 0.996. The number of aliphatic hydroxyl groups excluding tert-OH is 1. The molecule has 2 aliphatic rings. The second kappa shape index (κ2) is 10.8. The van der Waals surface area contributed by atoms with Crippen molar-refractivity contribution in [1.82, 2.24) is 9.97 Å². The second-order valence-electron chi connectivity index (χ2n) is 10.3. The molecule has 36 heavy (non-hydrogen) atoms. The zero-order chi connectivity index (χ0) is 25.3. The van der Waals surface area contributed by atoms with Gasteiger partial charge in [-0.05, 0) is 61.8 Å². The first kappa shape index (κ1) is 25.7. The molecule has 2 fully saturated rings. The van der Waals surface area contributed by atoms with Crippen LogP contribution < -0.4 is 0 Å². The number of halogens is 3. The molecule has 2 saturated carbocycles. The van der Waals surface area contributed by atoms with E-state index in [0.29, 0.717) is 34.4 Å². The maximum atomic E-state index is 13.9. The van der Waals surface area contributed by atoms with Crippen LogP contribution in [-0.2, 0) is 11.2 Å². The first-order valence-electron chi connectivity index (χ1n) is 13.0. The summed E-state index contributed by atoms with van der Waals surface area (Å²) in [7, 11) is 0. The molecule has 196 valence electrons. The molecular weight excluding hydrogens is 489 g/mol. The number of ether oxygens (including phenoxy) is 1. The van der Waals surface area contributed by atoms with Gasteiger partial charge in [0.25, 0.3) is 0 Å². The smallest absolute Gasteiger partial charge is 0.418 e. The van der Waals surface area contributed by atoms with Gasteiger partial charge in [0.05, 0.1) is 18.8 Å². The van der Waals surface area contributed by atoms with E-state index in [1.54, 1.807) is 12.3 Å². The number of alkyl halides is 3. The van der Waals surface area contributed by atoms with E-state index in [2.05, 4.69) is 16.9 Å². The minimum atomic E-state index is -4.65. The lowest BCUT2D eigenvalue weighted by Crippen LogP contribution is -2.25. The van der Waals surface area contributed by atoms with Gasteiger partial charge in [-0.15, -0.1) is 11.3 Å². The van der Waals surface area contributed by atoms with Gasteiger partial charge in [-0.1, -0.05) is 25.8 Å². The van der Waals surface area contributed by atoms with E-state index in [1.165, 1.54) is 55.9 Å². The number of nitrogens with zero attached hydrogens (tertiary/aromatic N) is 2. The van der Waals surface area contributed by atoms with Crippen molar-refractivity contribution >= 4 is 22.4 Å². The molecule has 3 aromatic rings. The van der Waals surface area contributed by atoms with Crippen molar-refractivity contribution < 1.29 is 27.4 Å². The molecule has 5 atom stereocenters. The number of hydrogen-bond donors (Lipinski definition) is 1. The average molecular weight is 523 g/mol. The van der Waals surface area contributed by atoms with Crippen LogP contribution in [0.4, 0.5) is 13.2 Å². The Morgan fingerprint density at radius 2 is 2.08 bits per heavy atom. The van der Waals surface area contributed by atoms with E-state index in [1.807, 2.05) is 5.38 Å². The second-order valence-corrected chi connectivity index (χ2v) is 11.2. The zero-order valence-corrected chi connectivity index (χ0v) is 21.3. The number of aliphatic hydroxyl groups is 1. The van der Waals surface area contributed by atoms with Crippen LogP contribution >= 0.6 is 11.3 Å². The summed E-state index contributed by atoms with van der Waals surface area (Å²) in [4.78, 5) is 8.90. The van der Waals surface area contributed by atoms with Crippen LogP contribution in [-0.4, -0.2) is 34.5 Å². The maximum Gasteiger partial charge on any atom is 0.418 e. The molecule has 2 heterocycles. The predicted octanol–water partition coefficient (Wildman–Crippen LogP) is 7.35. The maximum absolute atomic E-state index is 13.9. The van der Waals surface area contributed by atoms with Crippen molar-refractivity contribution in [2.24, 2.45) is 23.7 Å². The number of thiazole rings is 1. The van der Waals surface area contributed by atoms with Gasteiger partial charge >= 0.3 is 6.18 Å². The molecule has 5 rings (SSSR count). The van der Waals surface area contributed by atoms with Gasteiger partial charge in [0.1, 0.15) is 10.5 Å². The molecule has 9 heteroatoms. The van der Waals surface area contributed by atoms with Crippen molar-refractivity contribution in [1.29, 1.82) is 0 Å². The van der Waals surface area contributed by atoms with Crippen LogP contribution in [0, 0.1) is 23.7 Å². The van der Waals surface area contributed by atoms with E-state index in [-0.39, 0.29) is 11.1 Å². The molecular formula is C27H33F3N2O3S. The Morgan fingerprint density at radius 3 is 2.81 bits per heavy atom. The van der Waals surface area contributed by atoms with Crippen LogP contribution in [0.1, 0.15) is 69.4 Å². The van der Waals surface area contributed by atoms with E-state index >= 15 is 0 Å². The highest BCUT2D eigenvalue weighted by Gasteiger charge is 2.44. The molecule has 0 spiro atoms. The standard InChI is InChI=1S/C27H33F3N2O3S/c1-2-18-14-17-13-16(3-5-19(18)15-17)4-8-22-32-23-20(25(27(28,29)30)34-11-10-33)6-7-21(24(23)35-22)26-31-9-12-36-26/h6-7,9,12,16-19,25,33H,2-5,8,10-11,13-15H2,1H3. The summed E-state index contributed by atoms with van der Waals surface area (Å²) in [5.74, 6) is 3.59. The molecule has 0 radical (unpaired) electrons. The van der Waals surface area contributed by atoms with Gasteiger partial charge in [-0.2, -0.15) is 13.2 Å². The Bertz CT molecular complexity index is 1150. The third-order valence-corrected chi connectivity index (χ3v) is 8.89. The normalized spacial score (nSPS) is 25.4. The molecule has 2 bridgehead atoms. The fourth-order valence-corrected chi connectivity index (χ4v) is 7.12. The lowest BCUT2D eigenvalue weighted by Gasteiger charge is -2.23. The highest BCUT2D eigenvalue weighted by atomic mass is 32.1. The van der Waals surface area contributed by atoms with Crippen molar-refractivity contribution in [3.63, 3.8) is 0 Å². The Balaban J connectivity index is 1.42. The van der Waals surface area contributed by atoms with Crippen molar-refractivity contribution in [2.45, 2.75) is 70.6 Å². The van der Waals surface area contributed by atoms with E-state index in [4.69, 9.17) is 14.3 Å². The number of fused-ring (bicyclic) bond motifs is 3. The van der Waals surface area contributed by atoms with Crippen LogP contribution in [0.5, 0.6) is 0 Å². The number of oxazole rings is 1. The van der Waals surface area contributed by atoms with Gasteiger partial charge in [0.15, 0.2) is 17.6 Å². The Morgan fingerprint density at radius 1 is 1.22 bits per heavy atom. The number of aryl methyl sites for hydroxylation is 1. The molecule has 0 aliphatic heterocycles. The molecule has 5 unspecified atom stereocenters. The molecule has 2 aromatic heterocycles. The first-order valence-corrected chi connectivity index (χ1v) is 13.9. The Kier molecular flexibility index (Phi) is 7.70.